The molecule has 0 atom stereocenters. The normalized spacial score (nSPS) is 8.56. The van der Waals surface area contributed by atoms with E-state index in [0.717, 1.165) is 5.92 Å². The Labute approximate surface area is 101 Å². The van der Waals surface area contributed by atoms with E-state index < -0.39 is 0 Å². The molecule has 0 N–H and O–H groups in total. The third-order valence-corrected chi connectivity index (χ3v) is 1.16. The third-order valence-electron chi connectivity index (χ3n) is 1.16. The van der Waals surface area contributed by atoms with Crippen LogP contribution in [-0.4, -0.2) is 13.0 Å². The Hall–Kier alpha value is -0.925. The summed E-state index contributed by atoms with van der Waals surface area (Å²) < 4.78 is 6.06. The quantitative estimate of drug-likeness (QED) is 0.688. The van der Waals surface area contributed by atoms with Crippen molar-refractivity contribution < 1.29 is 4.42 Å². The van der Waals surface area contributed by atoms with Gasteiger partial charge in [0.2, 0.25) is 0 Å². The molecule has 1 rings (SSSR count). The number of hydrogen-bond acceptors (Lipinski definition) is 2. The van der Waals surface area contributed by atoms with Crippen LogP contribution in [0, 0.1) is 5.92 Å². The van der Waals surface area contributed by atoms with Crippen LogP contribution in [0.25, 0.3) is 0 Å². The predicted octanol–water partition coefficient (Wildman–Crippen LogP) is 3.33. The largest absolute Gasteiger partial charge is 0.419 e. The second kappa shape index (κ2) is 12.1. The monoisotopic (exact) mass is 226 g/mol. The van der Waals surface area contributed by atoms with Crippen LogP contribution in [-0.2, 0) is 0 Å². The molecule has 93 valence electrons. The van der Waals surface area contributed by atoms with Crippen LogP contribution in [0.4, 0.5) is 0 Å². The van der Waals surface area contributed by atoms with Crippen molar-refractivity contribution in [3.8, 4) is 0 Å². The molecule has 1 aromatic rings. The summed E-state index contributed by atoms with van der Waals surface area (Å²) in [6, 6.07) is 0.191. The zero-order valence-electron chi connectivity index (χ0n) is 11.7. The van der Waals surface area contributed by atoms with E-state index in [9.17, 15) is 4.79 Å². The van der Waals surface area contributed by atoms with E-state index in [1.165, 1.54) is 10.8 Å². The molecule has 0 aliphatic rings. The summed E-state index contributed by atoms with van der Waals surface area (Å²) in [6.45, 7) is 14.4. The third kappa shape index (κ3) is 11.2. The number of nitrogens with zero attached hydrogens (tertiary/aromatic N) is 1. The molecule has 1 heterocycles. The Morgan fingerprint density at radius 3 is 1.62 bits per heavy atom. The molecule has 0 unspecified atom stereocenters. The Morgan fingerprint density at radius 1 is 1.12 bits per heavy atom. The Balaban J connectivity index is -0.000000209. The SMILES string of the molecule is CC.CC(C)C.CC(C)n1ccoc1=O.[B]. The highest BCUT2D eigenvalue weighted by atomic mass is 16.4. The molecule has 0 saturated heterocycles. The van der Waals surface area contributed by atoms with E-state index in [-0.39, 0.29) is 20.2 Å². The van der Waals surface area contributed by atoms with E-state index in [2.05, 4.69) is 25.2 Å². The molecule has 0 aromatic carbocycles. The zero-order chi connectivity index (χ0) is 12.4. The van der Waals surface area contributed by atoms with Gasteiger partial charge in [0.1, 0.15) is 6.26 Å². The van der Waals surface area contributed by atoms with E-state index in [1.807, 2.05) is 27.7 Å². The molecule has 0 amide bonds. The van der Waals surface area contributed by atoms with Gasteiger partial charge in [-0.15, -0.1) is 0 Å². The minimum atomic E-state index is -0.287. The second-order valence-electron chi connectivity index (χ2n) is 3.90. The van der Waals surface area contributed by atoms with Gasteiger partial charge < -0.3 is 4.42 Å². The van der Waals surface area contributed by atoms with Gasteiger partial charge in [0.15, 0.2) is 0 Å². The predicted molar refractivity (Wildman–Crippen MR) is 71.0 cm³/mol. The second-order valence-corrected chi connectivity index (χ2v) is 3.90. The van der Waals surface area contributed by atoms with E-state index in [1.54, 1.807) is 6.20 Å². The molecule has 1 aromatic heterocycles. The van der Waals surface area contributed by atoms with Crippen LogP contribution in [0.2, 0.25) is 0 Å². The molecule has 3 radical (unpaired) electrons. The van der Waals surface area contributed by atoms with E-state index in [4.69, 9.17) is 0 Å². The summed E-state index contributed by atoms with van der Waals surface area (Å²) in [5.74, 6) is 0.546. The molecule has 0 aliphatic carbocycles. The molecule has 16 heavy (non-hydrogen) atoms. The molecule has 0 saturated carbocycles. The maximum absolute atomic E-state index is 10.7. The van der Waals surface area contributed by atoms with E-state index >= 15 is 0 Å². The lowest BCUT2D eigenvalue weighted by Gasteiger charge is -2.00. The van der Waals surface area contributed by atoms with Gasteiger partial charge in [-0.05, 0) is 19.8 Å². The van der Waals surface area contributed by atoms with Gasteiger partial charge in [-0.25, -0.2) is 4.79 Å². The molecular weight excluding hydrogens is 201 g/mol. The fraction of sp³-hybridized carbons (Fsp3) is 0.750. The summed E-state index contributed by atoms with van der Waals surface area (Å²) >= 11 is 0. The van der Waals surface area contributed by atoms with Gasteiger partial charge in [0.05, 0.1) is 0 Å². The van der Waals surface area contributed by atoms with Gasteiger partial charge in [-0.1, -0.05) is 34.6 Å². The van der Waals surface area contributed by atoms with Crippen LogP contribution >= 0.6 is 0 Å². The molecule has 0 aliphatic heterocycles. The first-order chi connectivity index (χ1) is 6.95. The highest BCUT2D eigenvalue weighted by Gasteiger charge is 1.99. The molecule has 4 heteroatoms. The summed E-state index contributed by atoms with van der Waals surface area (Å²) in [5, 5.41) is 0. The standard InChI is InChI=1S/C6H9NO2.C4H10.C2H6.B/c1-5(2)7-3-4-9-6(7)8;1-4(2)3;1-2;/h3-5H,1-2H3;4H,1-3H3;1-2H3;. The average molecular weight is 226 g/mol. The highest BCUT2D eigenvalue weighted by Crippen LogP contribution is 1.97. The van der Waals surface area contributed by atoms with E-state index in [0.29, 0.717) is 0 Å². The fourth-order valence-corrected chi connectivity index (χ4v) is 0.659. The summed E-state index contributed by atoms with van der Waals surface area (Å²) in [7, 11) is 0. The Kier molecular flexibility index (Phi) is 15.5. The summed E-state index contributed by atoms with van der Waals surface area (Å²) in [6.07, 6.45) is 3.02. The Morgan fingerprint density at radius 2 is 1.50 bits per heavy atom. The molecule has 0 fully saturated rings. The van der Waals surface area contributed by atoms with Crippen LogP contribution in [0.15, 0.2) is 21.7 Å². The maximum atomic E-state index is 10.7. The van der Waals surface area contributed by atoms with Crippen molar-refractivity contribution in [1.82, 2.24) is 4.57 Å². The van der Waals surface area contributed by atoms with Crippen LogP contribution in [0.5, 0.6) is 0 Å². The number of hydrogen-bond donors (Lipinski definition) is 0. The summed E-state index contributed by atoms with van der Waals surface area (Å²) in [5.41, 5.74) is 0. The molecular formula is C12H25BNO2. The van der Waals surface area contributed by atoms with Crippen LogP contribution < -0.4 is 5.76 Å². The minimum absolute atomic E-state index is 0. The smallest absolute Gasteiger partial charge is 0.416 e. The fourth-order valence-electron chi connectivity index (χ4n) is 0.659. The van der Waals surface area contributed by atoms with Crippen molar-refractivity contribution in [3.05, 3.63) is 23.0 Å². The van der Waals surface area contributed by atoms with Crippen molar-refractivity contribution in [1.29, 1.82) is 0 Å². The minimum Gasteiger partial charge on any atom is -0.416 e. The average Bonchev–Trinajstić information content (AvgIpc) is 2.54. The number of aromatic nitrogens is 1. The van der Waals surface area contributed by atoms with Gasteiger partial charge in [0.25, 0.3) is 0 Å². The van der Waals surface area contributed by atoms with Gasteiger partial charge in [-0.3, -0.25) is 4.57 Å². The zero-order valence-corrected chi connectivity index (χ0v) is 11.7. The van der Waals surface area contributed by atoms with Crippen molar-refractivity contribution in [2.75, 3.05) is 0 Å². The molecule has 0 bridgehead atoms. The van der Waals surface area contributed by atoms with Crippen molar-refractivity contribution >= 4 is 8.41 Å². The van der Waals surface area contributed by atoms with Crippen LogP contribution in [0.1, 0.15) is 54.5 Å². The Bertz CT molecular complexity index is 274. The number of rotatable bonds is 1. The van der Waals surface area contributed by atoms with Gasteiger partial charge in [0, 0.05) is 20.7 Å². The van der Waals surface area contributed by atoms with Crippen molar-refractivity contribution in [2.24, 2.45) is 5.92 Å². The molecule has 3 nitrogen and oxygen atoms in total. The lowest BCUT2D eigenvalue weighted by Crippen LogP contribution is -2.14. The van der Waals surface area contributed by atoms with Gasteiger partial charge >= 0.3 is 5.76 Å². The van der Waals surface area contributed by atoms with Gasteiger partial charge in [-0.2, -0.15) is 0 Å². The molecule has 0 spiro atoms. The lowest BCUT2D eigenvalue weighted by molar-refractivity contribution is 0.456. The van der Waals surface area contributed by atoms with Crippen LogP contribution in [0.3, 0.4) is 0 Å². The highest BCUT2D eigenvalue weighted by molar-refractivity contribution is 5.75. The maximum Gasteiger partial charge on any atom is 0.419 e. The number of oxazole rings is 1. The topological polar surface area (TPSA) is 35.1 Å². The first-order valence-electron chi connectivity index (χ1n) is 5.60. The first-order valence-corrected chi connectivity index (χ1v) is 5.60. The van der Waals surface area contributed by atoms with Crippen molar-refractivity contribution in [2.45, 2.75) is 54.5 Å². The van der Waals surface area contributed by atoms with Crippen molar-refractivity contribution in [3.63, 3.8) is 0 Å². The first kappa shape index (κ1) is 20.5. The summed E-state index contributed by atoms with van der Waals surface area (Å²) in [4.78, 5) is 10.7. The lowest BCUT2D eigenvalue weighted by atomic mass is 10.3.